The Morgan fingerprint density at radius 3 is 2.47 bits per heavy atom. The van der Waals surface area contributed by atoms with Crippen LogP contribution in [0.5, 0.6) is 0 Å². The molecule has 32 heavy (non-hydrogen) atoms. The lowest BCUT2D eigenvalue weighted by Gasteiger charge is -2.23. The molecule has 0 saturated carbocycles. The number of carbonyl (C=O) groups excluding carboxylic acids is 2. The van der Waals surface area contributed by atoms with Crippen molar-refractivity contribution in [2.75, 3.05) is 42.9 Å². The van der Waals surface area contributed by atoms with Gasteiger partial charge in [0.15, 0.2) is 0 Å². The summed E-state index contributed by atoms with van der Waals surface area (Å²) in [5.41, 5.74) is 1.44. The molecule has 0 radical (unpaired) electrons. The zero-order valence-corrected chi connectivity index (χ0v) is 19.2. The van der Waals surface area contributed by atoms with Crippen molar-refractivity contribution in [1.82, 2.24) is 14.6 Å². The lowest BCUT2D eigenvalue weighted by Crippen LogP contribution is -2.35. The largest absolute Gasteiger partial charge is 0.371 e. The highest BCUT2D eigenvalue weighted by molar-refractivity contribution is 7.89. The highest BCUT2D eigenvalue weighted by Gasteiger charge is 2.26. The van der Waals surface area contributed by atoms with E-state index in [0.717, 1.165) is 25.9 Å². The summed E-state index contributed by atoms with van der Waals surface area (Å²) in [7, 11) is -3.72. The second-order valence-electron chi connectivity index (χ2n) is 7.43. The van der Waals surface area contributed by atoms with Crippen molar-refractivity contribution in [2.24, 2.45) is 0 Å². The Bertz CT molecular complexity index is 1050. The Balaban J connectivity index is 1.83. The number of rotatable bonds is 9. The molecule has 3 rings (SSSR count). The number of nitrogens with zero attached hydrogens (tertiary/aromatic N) is 3. The fourth-order valence-electron chi connectivity index (χ4n) is 3.70. The fourth-order valence-corrected chi connectivity index (χ4v) is 5.19. The minimum atomic E-state index is -3.72. The SMILES string of the molecule is CCN(CC)S(=O)(=O)c1ccc(N2CCCC2)c(C(=O)NCC(=O)Nc2cccnc2)c1. The monoisotopic (exact) mass is 459 g/mol. The van der Waals surface area contributed by atoms with Gasteiger partial charge in [0.1, 0.15) is 0 Å². The van der Waals surface area contributed by atoms with Gasteiger partial charge in [-0.05, 0) is 43.2 Å². The molecule has 1 aliphatic heterocycles. The minimum Gasteiger partial charge on any atom is -0.371 e. The number of aromatic nitrogens is 1. The number of amides is 2. The summed E-state index contributed by atoms with van der Waals surface area (Å²) < 4.78 is 27.3. The Morgan fingerprint density at radius 2 is 1.84 bits per heavy atom. The van der Waals surface area contributed by atoms with E-state index in [9.17, 15) is 18.0 Å². The first-order valence-corrected chi connectivity index (χ1v) is 12.2. The lowest BCUT2D eigenvalue weighted by atomic mass is 10.1. The molecule has 2 aromatic rings. The van der Waals surface area contributed by atoms with Gasteiger partial charge in [0, 0.05) is 38.1 Å². The average molecular weight is 460 g/mol. The number of carbonyl (C=O) groups is 2. The predicted octanol–water partition coefficient (Wildman–Crippen LogP) is 2.08. The van der Waals surface area contributed by atoms with Crippen LogP contribution in [0.25, 0.3) is 0 Å². The standard InChI is InChI=1S/C22H29N5O4S/c1-3-27(4-2)32(30,31)18-9-10-20(26-12-5-6-13-26)19(14-18)22(29)24-16-21(28)25-17-8-7-11-23-15-17/h7-11,14-15H,3-6,12-13,16H2,1-2H3,(H,24,29)(H,25,28). The second-order valence-corrected chi connectivity index (χ2v) is 9.37. The van der Waals surface area contributed by atoms with Crippen LogP contribution >= 0.6 is 0 Å². The molecular weight excluding hydrogens is 430 g/mol. The second kappa shape index (κ2) is 10.6. The van der Waals surface area contributed by atoms with E-state index in [4.69, 9.17) is 0 Å². The van der Waals surface area contributed by atoms with E-state index in [2.05, 4.69) is 20.5 Å². The molecule has 0 bridgehead atoms. The molecule has 1 saturated heterocycles. The third-order valence-corrected chi connectivity index (χ3v) is 7.40. The van der Waals surface area contributed by atoms with E-state index in [1.807, 2.05) is 0 Å². The normalized spacial score (nSPS) is 13.9. The van der Waals surface area contributed by atoms with E-state index in [-0.39, 0.29) is 17.0 Å². The van der Waals surface area contributed by atoms with Crippen LogP contribution in [0.1, 0.15) is 37.0 Å². The number of anilines is 2. The summed E-state index contributed by atoms with van der Waals surface area (Å²) in [6.45, 7) is 5.56. The van der Waals surface area contributed by atoms with Crippen LogP contribution in [-0.2, 0) is 14.8 Å². The molecule has 172 valence electrons. The quantitative estimate of drug-likeness (QED) is 0.594. The molecule has 1 aromatic carbocycles. The van der Waals surface area contributed by atoms with Gasteiger partial charge in [0.25, 0.3) is 5.91 Å². The molecule has 2 N–H and O–H groups in total. The molecule has 1 aliphatic rings. The van der Waals surface area contributed by atoms with Crippen LogP contribution in [0.2, 0.25) is 0 Å². The molecule has 1 aromatic heterocycles. The van der Waals surface area contributed by atoms with Gasteiger partial charge < -0.3 is 15.5 Å². The Labute approximate surface area is 188 Å². The van der Waals surface area contributed by atoms with E-state index < -0.39 is 21.8 Å². The van der Waals surface area contributed by atoms with Crippen molar-refractivity contribution < 1.29 is 18.0 Å². The maximum Gasteiger partial charge on any atom is 0.253 e. The zero-order valence-electron chi connectivity index (χ0n) is 18.4. The Kier molecular flexibility index (Phi) is 7.81. The third kappa shape index (κ3) is 5.43. The molecule has 0 unspecified atom stereocenters. The number of sulfonamides is 1. The van der Waals surface area contributed by atoms with Crippen LogP contribution in [0.3, 0.4) is 0 Å². The maximum absolute atomic E-state index is 13.0. The average Bonchev–Trinajstić information content (AvgIpc) is 3.33. The molecular formula is C22H29N5O4S. The first kappa shape index (κ1) is 23.7. The maximum atomic E-state index is 13.0. The first-order valence-electron chi connectivity index (χ1n) is 10.7. The summed E-state index contributed by atoms with van der Waals surface area (Å²) in [5, 5.41) is 5.27. The number of nitrogens with one attached hydrogen (secondary N) is 2. The van der Waals surface area contributed by atoms with Crippen LogP contribution in [-0.4, -0.2) is 62.2 Å². The smallest absolute Gasteiger partial charge is 0.253 e. The minimum absolute atomic E-state index is 0.0640. The van der Waals surface area contributed by atoms with Crippen molar-refractivity contribution >= 4 is 33.2 Å². The van der Waals surface area contributed by atoms with E-state index in [0.29, 0.717) is 24.5 Å². The molecule has 2 amide bonds. The van der Waals surface area contributed by atoms with Crippen molar-refractivity contribution in [1.29, 1.82) is 0 Å². The lowest BCUT2D eigenvalue weighted by molar-refractivity contribution is -0.115. The van der Waals surface area contributed by atoms with Crippen LogP contribution < -0.4 is 15.5 Å². The number of pyridine rings is 1. The van der Waals surface area contributed by atoms with Gasteiger partial charge in [-0.2, -0.15) is 4.31 Å². The number of hydrogen-bond donors (Lipinski definition) is 2. The van der Waals surface area contributed by atoms with Crippen molar-refractivity contribution in [2.45, 2.75) is 31.6 Å². The van der Waals surface area contributed by atoms with Gasteiger partial charge in [-0.3, -0.25) is 14.6 Å². The van der Waals surface area contributed by atoms with Crippen molar-refractivity contribution in [3.8, 4) is 0 Å². The van der Waals surface area contributed by atoms with Crippen LogP contribution in [0, 0.1) is 0 Å². The van der Waals surface area contributed by atoms with Gasteiger partial charge in [0.05, 0.1) is 28.9 Å². The highest BCUT2D eigenvalue weighted by Crippen LogP contribution is 2.28. The summed E-state index contributed by atoms with van der Waals surface area (Å²) in [6, 6.07) is 8.03. The van der Waals surface area contributed by atoms with Gasteiger partial charge in [0.2, 0.25) is 15.9 Å². The molecule has 0 spiro atoms. The molecule has 2 heterocycles. The zero-order chi connectivity index (χ0) is 23.1. The third-order valence-electron chi connectivity index (χ3n) is 5.36. The van der Waals surface area contributed by atoms with Gasteiger partial charge in [-0.1, -0.05) is 13.8 Å². The van der Waals surface area contributed by atoms with Crippen LogP contribution in [0.15, 0.2) is 47.6 Å². The van der Waals surface area contributed by atoms with Gasteiger partial charge in [-0.25, -0.2) is 8.42 Å². The molecule has 9 nitrogen and oxygen atoms in total. The number of hydrogen-bond acceptors (Lipinski definition) is 6. The molecule has 0 atom stereocenters. The summed E-state index contributed by atoms with van der Waals surface area (Å²) >= 11 is 0. The van der Waals surface area contributed by atoms with Gasteiger partial charge >= 0.3 is 0 Å². The van der Waals surface area contributed by atoms with Crippen LogP contribution in [0.4, 0.5) is 11.4 Å². The van der Waals surface area contributed by atoms with E-state index in [1.165, 1.54) is 16.6 Å². The van der Waals surface area contributed by atoms with E-state index >= 15 is 0 Å². The Hall–Kier alpha value is -2.98. The van der Waals surface area contributed by atoms with Crippen molar-refractivity contribution in [3.05, 3.63) is 48.3 Å². The number of benzene rings is 1. The van der Waals surface area contributed by atoms with Gasteiger partial charge in [-0.15, -0.1) is 0 Å². The topological polar surface area (TPSA) is 112 Å². The summed E-state index contributed by atoms with van der Waals surface area (Å²) in [5.74, 6) is -0.897. The predicted molar refractivity (Wildman–Crippen MR) is 123 cm³/mol. The molecule has 10 heteroatoms. The molecule has 1 fully saturated rings. The summed E-state index contributed by atoms with van der Waals surface area (Å²) in [6.07, 6.45) is 5.12. The fraction of sp³-hybridized carbons (Fsp3) is 0.409. The molecule has 0 aliphatic carbocycles. The highest BCUT2D eigenvalue weighted by atomic mass is 32.2. The summed E-state index contributed by atoms with van der Waals surface area (Å²) in [4.78, 5) is 31.3. The Morgan fingerprint density at radius 1 is 1.12 bits per heavy atom. The first-order chi connectivity index (χ1) is 15.4. The van der Waals surface area contributed by atoms with Crippen molar-refractivity contribution in [3.63, 3.8) is 0 Å². The van der Waals surface area contributed by atoms with E-state index in [1.54, 1.807) is 44.3 Å².